The van der Waals surface area contributed by atoms with Crippen molar-refractivity contribution in [2.75, 3.05) is 31.2 Å². The van der Waals surface area contributed by atoms with E-state index in [1.54, 1.807) is 16.4 Å². The Bertz CT molecular complexity index is 606. The Balaban J connectivity index is 1.65. The molecular weight excluding hydrogens is 318 g/mol. The summed E-state index contributed by atoms with van der Waals surface area (Å²) in [6.45, 7) is 2.14. The quantitative estimate of drug-likeness (QED) is 0.861. The second kappa shape index (κ2) is 6.37. The molecule has 1 N–H and O–H groups in total. The summed E-state index contributed by atoms with van der Waals surface area (Å²) in [5, 5.41) is 3.32. The lowest BCUT2D eigenvalue weighted by molar-refractivity contribution is 0.346. The minimum Gasteiger partial charge on any atom is -0.369 e. The Morgan fingerprint density at radius 2 is 2.00 bits per heavy atom. The average Bonchev–Trinajstić information content (AvgIpc) is 3.35. The summed E-state index contributed by atoms with van der Waals surface area (Å²) in [4.78, 5) is 4.58. The van der Waals surface area contributed by atoms with Crippen molar-refractivity contribution in [3.05, 3.63) is 18.3 Å². The van der Waals surface area contributed by atoms with Gasteiger partial charge in [-0.2, -0.15) is 16.1 Å². The van der Waals surface area contributed by atoms with Gasteiger partial charge in [-0.25, -0.2) is 13.4 Å². The number of nitrogens with zero attached hydrogens (tertiary/aromatic N) is 2. The summed E-state index contributed by atoms with van der Waals surface area (Å²) in [5.74, 6) is 0.748. The van der Waals surface area contributed by atoms with Gasteiger partial charge in [-0.15, -0.1) is 0 Å². The fourth-order valence-electron chi connectivity index (χ4n) is 2.74. The minimum absolute atomic E-state index is 0.297. The summed E-state index contributed by atoms with van der Waals surface area (Å²) >= 11 is 1.89. The molecule has 1 saturated heterocycles. The van der Waals surface area contributed by atoms with Crippen LogP contribution in [0.3, 0.4) is 0 Å². The largest absolute Gasteiger partial charge is 0.369 e. The first-order valence-electron chi connectivity index (χ1n) is 7.81. The van der Waals surface area contributed by atoms with Crippen LogP contribution in [0, 0.1) is 0 Å². The first-order valence-corrected chi connectivity index (χ1v) is 10.5. The van der Waals surface area contributed by atoms with E-state index in [9.17, 15) is 8.42 Å². The molecule has 0 amide bonds. The van der Waals surface area contributed by atoms with Crippen LogP contribution in [-0.4, -0.2) is 48.3 Å². The molecule has 0 spiro atoms. The number of rotatable bonds is 6. The van der Waals surface area contributed by atoms with Gasteiger partial charge in [0.05, 0.1) is 0 Å². The molecule has 1 saturated carbocycles. The maximum Gasteiger partial charge on any atom is 0.244 e. The molecule has 0 atom stereocenters. The van der Waals surface area contributed by atoms with E-state index in [0.717, 1.165) is 31.6 Å². The highest BCUT2D eigenvalue weighted by Gasteiger charge is 2.41. The zero-order valence-electron chi connectivity index (χ0n) is 12.9. The maximum atomic E-state index is 12.5. The summed E-state index contributed by atoms with van der Waals surface area (Å²) in [6, 6.07) is 3.44. The van der Waals surface area contributed by atoms with Crippen molar-refractivity contribution in [3.63, 3.8) is 0 Å². The molecule has 7 heteroatoms. The zero-order valence-corrected chi connectivity index (χ0v) is 14.5. The standard InChI is InChI=1S/C15H23N3O2S2/c1-21-15(7-8-15)12-17-14-6-5-13(11-16-14)22(19,20)18-9-3-2-4-10-18/h5-6,11H,2-4,7-10,12H2,1H3,(H,16,17). The number of piperidine rings is 1. The molecule has 0 unspecified atom stereocenters. The Morgan fingerprint density at radius 1 is 1.27 bits per heavy atom. The van der Waals surface area contributed by atoms with E-state index in [-0.39, 0.29) is 0 Å². The molecule has 22 heavy (non-hydrogen) atoms. The van der Waals surface area contributed by atoms with E-state index >= 15 is 0 Å². The number of hydrogen-bond donors (Lipinski definition) is 1. The number of aromatic nitrogens is 1. The third kappa shape index (κ3) is 3.41. The van der Waals surface area contributed by atoms with E-state index in [2.05, 4.69) is 16.6 Å². The predicted octanol–water partition coefficient (Wildman–Crippen LogP) is 2.56. The molecule has 5 nitrogen and oxygen atoms in total. The smallest absolute Gasteiger partial charge is 0.244 e. The first-order chi connectivity index (χ1) is 10.6. The maximum absolute atomic E-state index is 12.5. The summed E-state index contributed by atoms with van der Waals surface area (Å²) < 4.78 is 27.0. The van der Waals surface area contributed by atoms with Crippen molar-refractivity contribution in [2.45, 2.75) is 41.7 Å². The number of pyridine rings is 1. The van der Waals surface area contributed by atoms with Crippen LogP contribution in [0.2, 0.25) is 0 Å². The van der Waals surface area contributed by atoms with Crippen molar-refractivity contribution >= 4 is 27.6 Å². The topological polar surface area (TPSA) is 62.3 Å². The van der Waals surface area contributed by atoms with Gasteiger partial charge in [0, 0.05) is 30.6 Å². The van der Waals surface area contributed by atoms with Crippen LogP contribution in [-0.2, 0) is 10.0 Å². The predicted molar refractivity (Wildman–Crippen MR) is 90.8 cm³/mol. The highest BCUT2D eigenvalue weighted by atomic mass is 32.2. The van der Waals surface area contributed by atoms with Crippen LogP contribution in [0.15, 0.2) is 23.2 Å². The molecular formula is C15H23N3O2S2. The van der Waals surface area contributed by atoms with Gasteiger partial charge in [-0.1, -0.05) is 6.42 Å². The molecule has 1 aliphatic heterocycles. The van der Waals surface area contributed by atoms with E-state index in [4.69, 9.17) is 0 Å². The van der Waals surface area contributed by atoms with Crippen LogP contribution in [0.4, 0.5) is 5.82 Å². The van der Waals surface area contributed by atoms with Crippen LogP contribution in [0.5, 0.6) is 0 Å². The monoisotopic (exact) mass is 341 g/mol. The van der Waals surface area contributed by atoms with Gasteiger partial charge in [0.1, 0.15) is 10.7 Å². The van der Waals surface area contributed by atoms with E-state index in [1.807, 2.05) is 11.8 Å². The normalized spacial score (nSPS) is 21.5. The lowest BCUT2D eigenvalue weighted by atomic mass is 10.2. The number of sulfonamides is 1. The molecule has 0 bridgehead atoms. The molecule has 122 valence electrons. The molecule has 2 aliphatic rings. The van der Waals surface area contributed by atoms with Crippen LogP contribution < -0.4 is 5.32 Å². The Labute approximate surface area is 136 Å². The van der Waals surface area contributed by atoms with Crippen molar-refractivity contribution in [3.8, 4) is 0 Å². The van der Waals surface area contributed by atoms with Crippen LogP contribution in [0.25, 0.3) is 0 Å². The van der Waals surface area contributed by atoms with Gasteiger partial charge in [0.15, 0.2) is 0 Å². The van der Waals surface area contributed by atoms with E-state index < -0.39 is 10.0 Å². The van der Waals surface area contributed by atoms with Crippen molar-refractivity contribution in [2.24, 2.45) is 0 Å². The summed E-state index contributed by atoms with van der Waals surface area (Å²) in [6.07, 6.45) is 9.10. The molecule has 1 aromatic rings. The second-order valence-electron chi connectivity index (χ2n) is 6.08. The van der Waals surface area contributed by atoms with E-state index in [1.165, 1.54) is 19.0 Å². The first kappa shape index (κ1) is 16.1. The SMILES string of the molecule is CSC1(CNc2ccc(S(=O)(=O)N3CCCCC3)cn2)CC1. The fourth-order valence-corrected chi connectivity index (χ4v) is 4.93. The van der Waals surface area contributed by atoms with Crippen LogP contribution in [0.1, 0.15) is 32.1 Å². The van der Waals surface area contributed by atoms with Gasteiger partial charge in [-0.3, -0.25) is 0 Å². The third-order valence-corrected chi connectivity index (χ3v) is 7.82. The second-order valence-corrected chi connectivity index (χ2v) is 9.30. The minimum atomic E-state index is -3.38. The molecule has 0 aromatic carbocycles. The molecule has 2 heterocycles. The van der Waals surface area contributed by atoms with Crippen molar-refractivity contribution in [1.29, 1.82) is 0 Å². The summed E-state index contributed by atoms with van der Waals surface area (Å²) in [7, 11) is -3.38. The number of anilines is 1. The highest BCUT2D eigenvalue weighted by molar-refractivity contribution is 8.00. The lowest BCUT2D eigenvalue weighted by Crippen LogP contribution is -2.35. The van der Waals surface area contributed by atoms with E-state index in [0.29, 0.717) is 22.7 Å². The Kier molecular flexibility index (Phi) is 4.66. The third-order valence-electron chi connectivity index (χ3n) is 4.52. The number of thioether (sulfide) groups is 1. The molecule has 0 radical (unpaired) electrons. The van der Waals surface area contributed by atoms with Crippen molar-refractivity contribution < 1.29 is 8.42 Å². The molecule has 2 fully saturated rings. The summed E-state index contributed by atoms with van der Waals surface area (Å²) in [5.41, 5.74) is 0. The molecule has 3 rings (SSSR count). The van der Waals surface area contributed by atoms with Gasteiger partial charge < -0.3 is 5.32 Å². The molecule has 1 aromatic heterocycles. The molecule has 1 aliphatic carbocycles. The van der Waals surface area contributed by atoms with Gasteiger partial charge >= 0.3 is 0 Å². The zero-order chi connectivity index (χ0) is 15.6. The number of hydrogen-bond acceptors (Lipinski definition) is 5. The lowest BCUT2D eigenvalue weighted by Gasteiger charge is -2.25. The highest BCUT2D eigenvalue weighted by Crippen LogP contribution is 2.46. The van der Waals surface area contributed by atoms with Crippen molar-refractivity contribution in [1.82, 2.24) is 9.29 Å². The Hall–Kier alpha value is -0.790. The fraction of sp³-hybridized carbons (Fsp3) is 0.667. The van der Waals surface area contributed by atoms with Gasteiger partial charge in [-0.05, 0) is 44.1 Å². The van der Waals surface area contributed by atoms with Gasteiger partial charge in [0.2, 0.25) is 10.0 Å². The number of nitrogens with one attached hydrogen (secondary N) is 1. The Morgan fingerprint density at radius 3 is 2.55 bits per heavy atom. The average molecular weight is 342 g/mol. The van der Waals surface area contributed by atoms with Gasteiger partial charge in [0.25, 0.3) is 0 Å². The van der Waals surface area contributed by atoms with Crippen LogP contribution >= 0.6 is 11.8 Å².